The highest BCUT2D eigenvalue weighted by Crippen LogP contribution is 2.43. The first-order valence-corrected chi connectivity index (χ1v) is 22.0. The highest BCUT2D eigenvalue weighted by Gasteiger charge is 2.22. The van der Waals surface area contributed by atoms with Gasteiger partial charge in [0.1, 0.15) is 0 Å². The standard InChI is InChI=1S/C60H37N5/c1-3-15-38(16-4-1)39-27-29-41(30-28-39)59-62-58(40-17-5-2-6-18-40)63-60(64-59)42-31-34-44(35-32-42)65-54-26-14-12-24-51(54)55-50-23-11-13-25-53(50)61-56(57(55)65)43-33-36-49-47-21-8-7-19-45(47)46-20-9-10-22-48(46)52(49)37-43/h1-37H. The average molecular weight is 828 g/mol. The number of aromatic nitrogens is 5. The Labute approximate surface area is 374 Å². The van der Waals surface area contributed by atoms with Crippen LogP contribution in [0.5, 0.6) is 0 Å². The van der Waals surface area contributed by atoms with Crippen molar-refractivity contribution in [3.05, 3.63) is 224 Å². The normalized spacial score (nSPS) is 11.7. The van der Waals surface area contributed by atoms with Gasteiger partial charge in [0, 0.05) is 44.1 Å². The van der Waals surface area contributed by atoms with E-state index in [-0.39, 0.29) is 0 Å². The van der Waals surface area contributed by atoms with E-state index in [1.165, 1.54) is 48.7 Å². The average Bonchev–Trinajstić information content (AvgIpc) is 3.74. The van der Waals surface area contributed by atoms with E-state index in [0.717, 1.165) is 61.1 Å². The highest BCUT2D eigenvalue weighted by molar-refractivity contribution is 6.27. The van der Waals surface area contributed by atoms with Crippen molar-refractivity contribution in [1.29, 1.82) is 0 Å². The topological polar surface area (TPSA) is 56.5 Å². The Morgan fingerprint density at radius 1 is 0.277 bits per heavy atom. The molecule has 3 heterocycles. The summed E-state index contributed by atoms with van der Waals surface area (Å²) in [4.78, 5) is 20.7. The maximum Gasteiger partial charge on any atom is 0.164 e. The summed E-state index contributed by atoms with van der Waals surface area (Å²) in [5, 5.41) is 10.9. The Balaban J connectivity index is 0.996. The first kappa shape index (κ1) is 36.8. The van der Waals surface area contributed by atoms with E-state index < -0.39 is 0 Å². The zero-order valence-electron chi connectivity index (χ0n) is 35.1. The second-order valence-corrected chi connectivity index (χ2v) is 16.6. The summed E-state index contributed by atoms with van der Waals surface area (Å²) in [6, 6.07) is 79.2. The maximum absolute atomic E-state index is 5.52. The van der Waals surface area contributed by atoms with Crippen LogP contribution in [-0.2, 0) is 0 Å². The van der Waals surface area contributed by atoms with Crippen LogP contribution in [0.4, 0.5) is 0 Å². The number of fused-ring (bicyclic) bond motifs is 11. The summed E-state index contributed by atoms with van der Waals surface area (Å²) in [6.07, 6.45) is 0. The fourth-order valence-electron chi connectivity index (χ4n) is 9.77. The largest absolute Gasteiger partial charge is 0.307 e. The van der Waals surface area contributed by atoms with Gasteiger partial charge in [-0.15, -0.1) is 0 Å². The Kier molecular flexibility index (Phi) is 8.46. The third-order valence-electron chi connectivity index (χ3n) is 12.8. The number of hydrogen-bond acceptors (Lipinski definition) is 4. The van der Waals surface area contributed by atoms with Crippen LogP contribution in [0.2, 0.25) is 0 Å². The molecule has 0 aliphatic rings. The van der Waals surface area contributed by atoms with Crippen molar-refractivity contribution < 1.29 is 0 Å². The van der Waals surface area contributed by atoms with E-state index >= 15 is 0 Å². The summed E-state index contributed by atoms with van der Waals surface area (Å²) < 4.78 is 2.38. The molecule has 302 valence electrons. The van der Waals surface area contributed by atoms with Crippen LogP contribution < -0.4 is 0 Å². The van der Waals surface area contributed by atoms with Gasteiger partial charge in [-0.25, -0.2) is 19.9 Å². The molecule has 5 nitrogen and oxygen atoms in total. The van der Waals surface area contributed by atoms with Crippen molar-refractivity contribution in [2.45, 2.75) is 0 Å². The zero-order chi connectivity index (χ0) is 42.8. The fourth-order valence-corrected chi connectivity index (χ4v) is 9.77. The molecule has 13 rings (SSSR count). The van der Waals surface area contributed by atoms with Crippen molar-refractivity contribution >= 4 is 65.0 Å². The van der Waals surface area contributed by atoms with Gasteiger partial charge in [-0.3, -0.25) is 0 Å². The molecule has 0 amide bonds. The SMILES string of the molecule is c1ccc(-c2ccc(-c3nc(-c4ccccc4)nc(-c4ccc(-n5c6ccccc6c6c7ccccc7nc(-c7ccc8c9ccccc9c9ccccc9c8c7)c65)cc4)n3)cc2)cc1. The van der Waals surface area contributed by atoms with E-state index in [1.54, 1.807) is 0 Å². The minimum Gasteiger partial charge on any atom is -0.307 e. The summed E-state index contributed by atoms with van der Waals surface area (Å²) in [7, 11) is 0. The molecule has 0 N–H and O–H groups in total. The number of nitrogens with zero attached hydrogens (tertiary/aromatic N) is 5. The van der Waals surface area contributed by atoms with Crippen molar-refractivity contribution in [2.24, 2.45) is 0 Å². The number of pyridine rings is 1. The summed E-state index contributed by atoms with van der Waals surface area (Å²) in [6.45, 7) is 0. The second kappa shape index (κ2) is 14.9. The third-order valence-corrected chi connectivity index (χ3v) is 12.8. The van der Waals surface area contributed by atoms with Gasteiger partial charge >= 0.3 is 0 Å². The van der Waals surface area contributed by atoms with E-state index in [9.17, 15) is 0 Å². The molecule has 0 bridgehead atoms. The molecule has 0 radical (unpaired) electrons. The number of benzene rings is 10. The van der Waals surface area contributed by atoms with Gasteiger partial charge in [-0.1, -0.05) is 182 Å². The lowest BCUT2D eigenvalue weighted by molar-refractivity contribution is 1.07. The first-order chi connectivity index (χ1) is 32.2. The van der Waals surface area contributed by atoms with Crippen LogP contribution in [0.1, 0.15) is 0 Å². The number of hydrogen-bond donors (Lipinski definition) is 0. The molecule has 3 aromatic heterocycles. The molecule has 0 aliphatic carbocycles. The summed E-state index contributed by atoms with van der Waals surface area (Å²) in [5.74, 6) is 1.86. The van der Waals surface area contributed by atoms with Gasteiger partial charge in [0.25, 0.3) is 0 Å². The number of para-hydroxylation sites is 2. The quantitative estimate of drug-likeness (QED) is 0.157. The van der Waals surface area contributed by atoms with Gasteiger partial charge in [0.05, 0.1) is 22.2 Å². The Morgan fingerprint density at radius 3 is 1.31 bits per heavy atom. The Hall–Kier alpha value is -8.80. The molecular weight excluding hydrogens is 791 g/mol. The Morgan fingerprint density at radius 2 is 0.692 bits per heavy atom. The maximum atomic E-state index is 5.52. The van der Waals surface area contributed by atoms with Crippen molar-refractivity contribution in [3.63, 3.8) is 0 Å². The molecule has 0 unspecified atom stereocenters. The molecule has 0 aliphatic heterocycles. The predicted molar refractivity (Wildman–Crippen MR) is 269 cm³/mol. The van der Waals surface area contributed by atoms with Crippen molar-refractivity contribution in [3.8, 4) is 62.2 Å². The molecule has 5 heteroatoms. The van der Waals surface area contributed by atoms with Crippen LogP contribution in [0.3, 0.4) is 0 Å². The predicted octanol–water partition coefficient (Wildman–Crippen LogP) is 15.3. The highest BCUT2D eigenvalue weighted by atomic mass is 15.0. The van der Waals surface area contributed by atoms with E-state index in [1.807, 2.05) is 36.4 Å². The second-order valence-electron chi connectivity index (χ2n) is 16.6. The lowest BCUT2D eigenvalue weighted by atomic mass is 9.92. The Bertz CT molecular complexity index is 3940. The fraction of sp³-hybridized carbons (Fsp3) is 0. The minimum absolute atomic E-state index is 0.610. The lowest BCUT2D eigenvalue weighted by Crippen LogP contribution is -2.01. The van der Waals surface area contributed by atoms with E-state index in [0.29, 0.717) is 17.5 Å². The van der Waals surface area contributed by atoms with Crippen LogP contribution >= 0.6 is 0 Å². The van der Waals surface area contributed by atoms with Crippen LogP contribution in [-0.4, -0.2) is 24.5 Å². The molecule has 0 saturated heterocycles. The molecule has 10 aromatic carbocycles. The van der Waals surface area contributed by atoms with Gasteiger partial charge in [-0.2, -0.15) is 0 Å². The molecule has 0 atom stereocenters. The van der Waals surface area contributed by atoms with E-state index in [4.69, 9.17) is 19.9 Å². The monoisotopic (exact) mass is 827 g/mol. The molecule has 13 aromatic rings. The molecule has 0 spiro atoms. The summed E-state index contributed by atoms with van der Waals surface area (Å²) in [5.41, 5.74) is 11.2. The van der Waals surface area contributed by atoms with E-state index in [2.05, 4.69) is 193 Å². The van der Waals surface area contributed by atoms with Crippen LogP contribution in [0, 0.1) is 0 Å². The first-order valence-electron chi connectivity index (χ1n) is 22.0. The molecule has 65 heavy (non-hydrogen) atoms. The van der Waals surface area contributed by atoms with Crippen LogP contribution in [0.15, 0.2) is 224 Å². The number of rotatable bonds is 6. The zero-order valence-corrected chi connectivity index (χ0v) is 35.1. The van der Waals surface area contributed by atoms with Crippen LogP contribution in [0.25, 0.3) is 127 Å². The third kappa shape index (κ3) is 6.09. The molecule has 0 fully saturated rings. The van der Waals surface area contributed by atoms with Gasteiger partial charge in [0.15, 0.2) is 17.5 Å². The minimum atomic E-state index is 0.610. The summed E-state index contributed by atoms with van der Waals surface area (Å²) >= 11 is 0. The van der Waals surface area contributed by atoms with Crippen molar-refractivity contribution in [1.82, 2.24) is 24.5 Å². The molecule has 0 saturated carbocycles. The van der Waals surface area contributed by atoms with Gasteiger partial charge < -0.3 is 4.57 Å². The lowest BCUT2D eigenvalue weighted by Gasteiger charge is -2.15. The smallest absolute Gasteiger partial charge is 0.164 e. The van der Waals surface area contributed by atoms with Crippen molar-refractivity contribution in [2.75, 3.05) is 0 Å². The van der Waals surface area contributed by atoms with Gasteiger partial charge in [0.2, 0.25) is 0 Å². The molecular formula is C60H37N5. The van der Waals surface area contributed by atoms with Gasteiger partial charge in [-0.05, 0) is 85.9 Å².